The molecule has 0 atom stereocenters. The standard InChI is InChI=1S/C25H25FN2O3/c1-3-19-8-4-6-10-22(19)27-24(29)16-28(2)25(30)21-9-5-7-11-23(21)31-17-18-12-14-20(26)15-13-18/h4-15H,3,16-17H2,1-2H3,(H,27,29). The Labute approximate surface area is 181 Å². The minimum atomic E-state index is -0.325. The van der Waals surface area contributed by atoms with Gasteiger partial charge in [0, 0.05) is 12.7 Å². The van der Waals surface area contributed by atoms with Crippen LogP contribution in [0.2, 0.25) is 0 Å². The molecule has 2 amide bonds. The molecular formula is C25H25FN2O3. The van der Waals surface area contributed by atoms with Crippen LogP contribution < -0.4 is 10.1 Å². The van der Waals surface area contributed by atoms with Crippen LogP contribution in [0.15, 0.2) is 72.8 Å². The summed E-state index contributed by atoms with van der Waals surface area (Å²) in [4.78, 5) is 26.8. The monoisotopic (exact) mass is 420 g/mol. The molecule has 0 saturated carbocycles. The van der Waals surface area contributed by atoms with E-state index >= 15 is 0 Å². The number of nitrogens with zero attached hydrogens (tertiary/aromatic N) is 1. The summed E-state index contributed by atoms with van der Waals surface area (Å²) >= 11 is 0. The number of ether oxygens (including phenoxy) is 1. The van der Waals surface area contributed by atoms with Gasteiger partial charge in [-0.1, -0.05) is 49.4 Å². The average Bonchev–Trinajstić information content (AvgIpc) is 2.78. The Morgan fingerprint density at radius 3 is 2.39 bits per heavy atom. The molecule has 5 nitrogen and oxygen atoms in total. The average molecular weight is 420 g/mol. The van der Waals surface area contributed by atoms with Gasteiger partial charge < -0.3 is 15.0 Å². The van der Waals surface area contributed by atoms with Gasteiger partial charge in [-0.3, -0.25) is 9.59 Å². The van der Waals surface area contributed by atoms with Gasteiger partial charge in [0.1, 0.15) is 18.2 Å². The van der Waals surface area contributed by atoms with E-state index in [4.69, 9.17) is 4.74 Å². The van der Waals surface area contributed by atoms with E-state index in [1.807, 2.05) is 31.2 Å². The number of likely N-dealkylation sites (N-methyl/N-ethyl adjacent to an activating group) is 1. The van der Waals surface area contributed by atoms with E-state index in [1.165, 1.54) is 17.0 Å². The van der Waals surface area contributed by atoms with E-state index in [-0.39, 0.29) is 30.8 Å². The van der Waals surface area contributed by atoms with Gasteiger partial charge in [-0.2, -0.15) is 0 Å². The van der Waals surface area contributed by atoms with Crippen molar-refractivity contribution in [2.24, 2.45) is 0 Å². The summed E-state index contributed by atoms with van der Waals surface area (Å²) in [5, 5.41) is 2.87. The number of carbonyl (C=O) groups is 2. The van der Waals surface area contributed by atoms with Crippen molar-refractivity contribution in [2.45, 2.75) is 20.0 Å². The van der Waals surface area contributed by atoms with Crippen molar-refractivity contribution in [3.63, 3.8) is 0 Å². The number of nitrogens with one attached hydrogen (secondary N) is 1. The second-order valence-electron chi connectivity index (χ2n) is 7.13. The first-order valence-electron chi connectivity index (χ1n) is 10.1. The van der Waals surface area contributed by atoms with Crippen molar-refractivity contribution in [1.29, 1.82) is 0 Å². The molecule has 3 rings (SSSR count). The summed E-state index contributed by atoms with van der Waals surface area (Å²) in [7, 11) is 1.57. The zero-order chi connectivity index (χ0) is 22.2. The SMILES string of the molecule is CCc1ccccc1NC(=O)CN(C)C(=O)c1ccccc1OCc1ccc(F)cc1. The Balaban J connectivity index is 1.65. The van der Waals surface area contributed by atoms with Crippen molar-refractivity contribution < 1.29 is 18.7 Å². The molecule has 3 aromatic rings. The molecule has 0 spiro atoms. The molecule has 3 aromatic carbocycles. The maximum atomic E-state index is 13.1. The number of anilines is 1. The highest BCUT2D eigenvalue weighted by Crippen LogP contribution is 2.21. The van der Waals surface area contributed by atoms with Gasteiger partial charge in [-0.15, -0.1) is 0 Å². The fourth-order valence-electron chi connectivity index (χ4n) is 3.14. The number of para-hydroxylation sites is 2. The Morgan fingerprint density at radius 1 is 0.968 bits per heavy atom. The maximum absolute atomic E-state index is 13.1. The second-order valence-corrected chi connectivity index (χ2v) is 7.13. The van der Waals surface area contributed by atoms with E-state index in [1.54, 1.807) is 43.4 Å². The summed E-state index contributed by atoms with van der Waals surface area (Å²) in [6.45, 7) is 2.12. The molecule has 0 aliphatic rings. The number of rotatable bonds is 8. The zero-order valence-electron chi connectivity index (χ0n) is 17.6. The number of amides is 2. The smallest absolute Gasteiger partial charge is 0.257 e. The first kappa shape index (κ1) is 22.0. The fraction of sp³-hybridized carbons (Fsp3) is 0.200. The Kier molecular flexibility index (Phi) is 7.38. The summed E-state index contributed by atoms with van der Waals surface area (Å²) in [6, 6.07) is 20.4. The Morgan fingerprint density at radius 2 is 1.65 bits per heavy atom. The van der Waals surface area contributed by atoms with Crippen molar-refractivity contribution in [2.75, 3.05) is 18.9 Å². The number of hydrogen-bond acceptors (Lipinski definition) is 3. The molecule has 0 unspecified atom stereocenters. The third kappa shape index (κ3) is 5.92. The van der Waals surface area contributed by atoms with Crippen LogP contribution in [-0.2, 0) is 17.8 Å². The molecule has 6 heteroatoms. The number of halogens is 1. The summed E-state index contributed by atoms with van der Waals surface area (Å²) < 4.78 is 18.9. The van der Waals surface area contributed by atoms with Crippen LogP contribution in [0.4, 0.5) is 10.1 Å². The quantitative estimate of drug-likeness (QED) is 0.576. The molecule has 0 aliphatic carbocycles. The van der Waals surface area contributed by atoms with Gasteiger partial charge in [-0.25, -0.2) is 4.39 Å². The largest absolute Gasteiger partial charge is 0.488 e. The normalized spacial score (nSPS) is 10.4. The molecule has 0 heterocycles. The highest BCUT2D eigenvalue weighted by Gasteiger charge is 2.19. The van der Waals surface area contributed by atoms with Gasteiger partial charge in [0.05, 0.1) is 12.1 Å². The molecule has 0 aromatic heterocycles. The Bertz CT molecular complexity index is 1050. The van der Waals surface area contributed by atoms with Gasteiger partial charge >= 0.3 is 0 Å². The number of benzene rings is 3. The van der Waals surface area contributed by atoms with Crippen molar-refractivity contribution in [3.8, 4) is 5.75 Å². The lowest BCUT2D eigenvalue weighted by atomic mass is 10.1. The minimum absolute atomic E-state index is 0.0941. The van der Waals surface area contributed by atoms with Crippen LogP contribution in [0.3, 0.4) is 0 Å². The Hall–Kier alpha value is -3.67. The molecule has 160 valence electrons. The number of carbonyl (C=O) groups excluding carboxylic acids is 2. The van der Waals surface area contributed by atoms with Crippen molar-refractivity contribution >= 4 is 17.5 Å². The van der Waals surface area contributed by atoms with Crippen LogP contribution in [0.5, 0.6) is 5.75 Å². The molecular weight excluding hydrogens is 395 g/mol. The highest BCUT2D eigenvalue weighted by atomic mass is 19.1. The van der Waals surface area contributed by atoms with Crippen LogP contribution >= 0.6 is 0 Å². The van der Waals surface area contributed by atoms with E-state index in [0.29, 0.717) is 11.3 Å². The van der Waals surface area contributed by atoms with Crippen LogP contribution in [0.1, 0.15) is 28.4 Å². The second kappa shape index (κ2) is 10.4. The summed E-state index contributed by atoms with van der Waals surface area (Å²) in [6.07, 6.45) is 0.796. The van der Waals surface area contributed by atoms with Gasteiger partial charge in [0.25, 0.3) is 5.91 Å². The number of hydrogen-bond donors (Lipinski definition) is 1. The predicted molar refractivity (Wildman–Crippen MR) is 119 cm³/mol. The third-order valence-electron chi connectivity index (χ3n) is 4.82. The van der Waals surface area contributed by atoms with Crippen LogP contribution in [-0.4, -0.2) is 30.3 Å². The maximum Gasteiger partial charge on any atom is 0.257 e. The van der Waals surface area contributed by atoms with E-state index < -0.39 is 0 Å². The summed E-state index contributed by atoms with van der Waals surface area (Å²) in [5.74, 6) is -0.517. The summed E-state index contributed by atoms with van der Waals surface area (Å²) in [5.41, 5.74) is 2.92. The fourth-order valence-corrected chi connectivity index (χ4v) is 3.14. The predicted octanol–water partition coefficient (Wildman–Crippen LogP) is 4.68. The van der Waals surface area contributed by atoms with Crippen LogP contribution in [0.25, 0.3) is 0 Å². The van der Waals surface area contributed by atoms with Gasteiger partial charge in [0.15, 0.2) is 0 Å². The van der Waals surface area contributed by atoms with E-state index in [0.717, 1.165) is 23.2 Å². The number of aryl methyl sites for hydroxylation is 1. The lowest BCUT2D eigenvalue weighted by molar-refractivity contribution is -0.116. The minimum Gasteiger partial charge on any atom is -0.488 e. The topological polar surface area (TPSA) is 58.6 Å². The van der Waals surface area contributed by atoms with E-state index in [2.05, 4.69) is 5.32 Å². The molecule has 0 bridgehead atoms. The molecule has 31 heavy (non-hydrogen) atoms. The van der Waals surface area contributed by atoms with Crippen molar-refractivity contribution in [3.05, 3.63) is 95.3 Å². The van der Waals surface area contributed by atoms with Gasteiger partial charge in [0.2, 0.25) is 5.91 Å². The molecule has 1 N–H and O–H groups in total. The molecule has 0 saturated heterocycles. The lowest BCUT2D eigenvalue weighted by Crippen LogP contribution is -2.35. The molecule has 0 radical (unpaired) electrons. The van der Waals surface area contributed by atoms with E-state index in [9.17, 15) is 14.0 Å². The van der Waals surface area contributed by atoms with Crippen molar-refractivity contribution in [1.82, 2.24) is 4.90 Å². The molecule has 0 fully saturated rings. The van der Waals surface area contributed by atoms with Crippen LogP contribution in [0, 0.1) is 5.82 Å². The first-order valence-corrected chi connectivity index (χ1v) is 10.1. The highest BCUT2D eigenvalue weighted by molar-refractivity contribution is 6.00. The molecule has 0 aliphatic heterocycles. The zero-order valence-corrected chi connectivity index (χ0v) is 17.6. The third-order valence-corrected chi connectivity index (χ3v) is 4.82. The first-order chi connectivity index (χ1) is 15.0. The lowest BCUT2D eigenvalue weighted by Gasteiger charge is -2.19. The van der Waals surface area contributed by atoms with Gasteiger partial charge in [-0.05, 0) is 47.9 Å².